The largest absolute Gasteiger partial charge is 0.492 e. The zero-order chi connectivity index (χ0) is 33.6. The molecule has 0 bridgehead atoms. The van der Waals surface area contributed by atoms with E-state index < -0.39 is 10.0 Å². The molecule has 5 aromatic rings. The van der Waals surface area contributed by atoms with E-state index in [4.69, 9.17) is 55.9 Å². The zero-order valence-corrected chi connectivity index (χ0v) is 29.4. The maximum atomic E-state index is 13.9. The molecule has 0 amide bonds. The summed E-state index contributed by atoms with van der Waals surface area (Å²) in [5.74, 6) is 0.748. The number of para-hydroxylation sites is 1. The number of aryl methyl sites for hydroxylation is 1. The van der Waals surface area contributed by atoms with Crippen LogP contribution in [0.15, 0.2) is 108 Å². The van der Waals surface area contributed by atoms with Gasteiger partial charge in [-0.3, -0.25) is 4.31 Å². The molecule has 0 aliphatic heterocycles. The SMILES string of the molecule is Cc1cc(OCCN(Cc2ccccc2)c2c(Cl)c(Cl)nc(Cl)c2Cl)cc(N(C)S(=O)(=O)c2ccccc2OCc2ccccc2)c1. The van der Waals surface area contributed by atoms with Gasteiger partial charge < -0.3 is 14.4 Å². The number of pyridine rings is 1. The first-order valence-electron chi connectivity index (χ1n) is 14.5. The molecule has 0 atom stereocenters. The number of hydrogen-bond donors (Lipinski definition) is 0. The molecule has 1 aromatic heterocycles. The first-order chi connectivity index (χ1) is 22.5. The van der Waals surface area contributed by atoms with Gasteiger partial charge in [-0.15, -0.1) is 0 Å². The molecule has 1 heterocycles. The van der Waals surface area contributed by atoms with Crippen LogP contribution >= 0.6 is 46.4 Å². The average Bonchev–Trinajstić information content (AvgIpc) is 3.07. The molecule has 0 spiro atoms. The van der Waals surface area contributed by atoms with E-state index >= 15 is 0 Å². The smallest absolute Gasteiger partial charge is 0.267 e. The van der Waals surface area contributed by atoms with Crippen molar-refractivity contribution in [3.63, 3.8) is 0 Å². The highest BCUT2D eigenvalue weighted by Gasteiger charge is 2.26. The predicted octanol–water partition coefficient (Wildman–Crippen LogP) is 9.49. The third-order valence-corrected chi connectivity index (χ3v) is 10.5. The minimum absolute atomic E-state index is 0.0367. The van der Waals surface area contributed by atoms with Crippen molar-refractivity contribution < 1.29 is 17.9 Å². The maximum absolute atomic E-state index is 13.9. The van der Waals surface area contributed by atoms with E-state index in [-0.39, 0.29) is 44.2 Å². The minimum atomic E-state index is -4.00. The summed E-state index contributed by atoms with van der Waals surface area (Å²) >= 11 is 25.7. The topological polar surface area (TPSA) is 72.0 Å². The summed E-state index contributed by atoms with van der Waals surface area (Å²) in [6.07, 6.45) is 0. The van der Waals surface area contributed by atoms with E-state index in [1.165, 1.54) is 17.4 Å². The van der Waals surface area contributed by atoms with Crippen molar-refractivity contribution in [1.82, 2.24) is 4.98 Å². The number of sulfonamides is 1. The Morgan fingerprint density at radius 1 is 0.745 bits per heavy atom. The van der Waals surface area contributed by atoms with Gasteiger partial charge >= 0.3 is 0 Å². The Morgan fingerprint density at radius 2 is 1.34 bits per heavy atom. The van der Waals surface area contributed by atoms with Gasteiger partial charge in [0.05, 0.1) is 17.9 Å². The monoisotopic (exact) mass is 729 g/mol. The van der Waals surface area contributed by atoms with Crippen LogP contribution in [-0.2, 0) is 23.2 Å². The molecule has 47 heavy (non-hydrogen) atoms. The highest BCUT2D eigenvalue weighted by molar-refractivity contribution is 7.92. The normalized spacial score (nSPS) is 11.3. The van der Waals surface area contributed by atoms with Crippen LogP contribution in [0.25, 0.3) is 0 Å². The second kappa shape index (κ2) is 15.5. The van der Waals surface area contributed by atoms with Gasteiger partial charge in [0.1, 0.15) is 39.7 Å². The van der Waals surface area contributed by atoms with E-state index in [1.54, 1.807) is 30.3 Å². The summed E-state index contributed by atoms with van der Waals surface area (Å²) in [4.78, 5) is 5.98. The van der Waals surface area contributed by atoms with Gasteiger partial charge in [0.25, 0.3) is 10.0 Å². The Bertz CT molecular complexity index is 1920. The number of halogens is 4. The molecule has 0 unspecified atom stereocenters. The molecule has 0 fully saturated rings. The predicted molar refractivity (Wildman–Crippen MR) is 191 cm³/mol. The number of aromatic nitrogens is 1. The lowest BCUT2D eigenvalue weighted by atomic mass is 10.2. The van der Waals surface area contributed by atoms with E-state index in [1.807, 2.05) is 78.6 Å². The van der Waals surface area contributed by atoms with E-state index in [0.29, 0.717) is 30.2 Å². The molecule has 7 nitrogen and oxygen atoms in total. The molecule has 0 radical (unpaired) electrons. The Hall–Kier alpha value is -3.66. The number of nitrogens with zero attached hydrogens (tertiary/aromatic N) is 3. The molecule has 4 aromatic carbocycles. The molecule has 0 aliphatic carbocycles. The van der Waals surface area contributed by atoms with E-state index in [9.17, 15) is 8.42 Å². The van der Waals surface area contributed by atoms with Gasteiger partial charge in [-0.05, 0) is 47.9 Å². The van der Waals surface area contributed by atoms with Gasteiger partial charge in [-0.1, -0.05) is 119 Å². The van der Waals surface area contributed by atoms with Crippen LogP contribution < -0.4 is 18.7 Å². The fourth-order valence-electron chi connectivity index (χ4n) is 4.90. The highest BCUT2D eigenvalue weighted by atomic mass is 35.5. The second-order valence-electron chi connectivity index (χ2n) is 10.6. The standard InChI is InChI=1S/C35H31Cl4N3O4S/c1-24-19-27(41(2)47(43,44)30-16-10-9-15-29(30)46-23-26-13-7-4-8-14-26)21-28(20-24)45-18-17-42(22-25-11-5-3-6-12-25)33-31(36)34(38)40-35(39)32(33)37/h3-16,19-21H,17-18,22-23H2,1-2H3. The number of anilines is 2. The molecule has 5 rings (SSSR count). The quantitative estimate of drug-likeness (QED) is 0.112. The van der Waals surface area contributed by atoms with Crippen molar-refractivity contribution in [2.24, 2.45) is 0 Å². The molecule has 244 valence electrons. The van der Waals surface area contributed by atoms with Gasteiger partial charge in [0.2, 0.25) is 0 Å². The number of hydrogen-bond acceptors (Lipinski definition) is 6. The summed E-state index contributed by atoms with van der Waals surface area (Å²) in [7, 11) is -2.49. The lowest BCUT2D eigenvalue weighted by molar-refractivity contribution is 0.298. The van der Waals surface area contributed by atoms with Crippen LogP contribution in [0, 0.1) is 6.92 Å². The van der Waals surface area contributed by atoms with Gasteiger partial charge in [-0.2, -0.15) is 0 Å². The summed E-state index contributed by atoms with van der Waals surface area (Å²) in [6.45, 7) is 3.08. The Labute approximate surface area is 295 Å². The summed E-state index contributed by atoms with van der Waals surface area (Å²) in [5.41, 5.74) is 3.61. The van der Waals surface area contributed by atoms with E-state index in [2.05, 4.69) is 4.98 Å². The molecule has 12 heteroatoms. The molecule has 0 N–H and O–H groups in total. The van der Waals surface area contributed by atoms with Crippen molar-refractivity contribution >= 4 is 67.8 Å². The van der Waals surface area contributed by atoms with Crippen LogP contribution in [0.3, 0.4) is 0 Å². The van der Waals surface area contributed by atoms with Crippen LogP contribution in [0.5, 0.6) is 11.5 Å². The number of rotatable bonds is 13. The first-order valence-corrected chi connectivity index (χ1v) is 17.5. The van der Waals surface area contributed by atoms with Crippen molar-refractivity contribution in [2.45, 2.75) is 25.0 Å². The van der Waals surface area contributed by atoms with Gasteiger partial charge in [-0.25, -0.2) is 13.4 Å². The molecule has 0 saturated carbocycles. The van der Waals surface area contributed by atoms with Crippen LogP contribution in [0.2, 0.25) is 20.4 Å². The van der Waals surface area contributed by atoms with Gasteiger partial charge in [0.15, 0.2) is 10.3 Å². The summed E-state index contributed by atoms with van der Waals surface area (Å²) in [5, 5.41) is 0.425. The molecule has 0 aliphatic rings. The van der Waals surface area contributed by atoms with Crippen molar-refractivity contribution in [1.29, 1.82) is 0 Å². The van der Waals surface area contributed by atoms with Gasteiger partial charge in [0, 0.05) is 19.7 Å². The zero-order valence-electron chi connectivity index (χ0n) is 25.5. The Kier molecular flexibility index (Phi) is 11.4. The average molecular weight is 732 g/mol. The van der Waals surface area contributed by atoms with E-state index in [0.717, 1.165) is 16.7 Å². The van der Waals surface area contributed by atoms with Crippen LogP contribution in [-0.4, -0.2) is 33.6 Å². The molecular weight excluding hydrogens is 700 g/mol. The Balaban J connectivity index is 1.35. The molecule has 0 saturated heterocycles. The van der Waals surface area contributed by atoms with Crippen molar-refractivity contribution in [3.05, 3.63) is 140 Å². The fourth-order valence-corrected chi connectivity index (χ4v) is 7.16. The van der Waals surface area contributed by atoms with Crippen molar-refractivity contribution in [2.75, 3.05) is 29.4 Å². The fraction of sp³-hybridized carbons (Fsp3) is 0.171. The van der Waals surface area contributed by atoms with Crippen LogP contribution in [0.4, 0.5) is 11.4 Å². The number of ether oxygens (including phenoxy) is 2. The lowest BCUT2D eigenvalue weighted by Gasteiger charge is -2.27. The highest BCUT2D eigenvalue weighted by Crippen LogP contribution is 2.42. The Morgan fingerprint density at radius 3 is 2.00 bits per heavy atom. The lowest BCUT2D eigenvalue weighted by Crippen LogP contribution is -2.29. The van der Waals surface area contributed by atoms with Crippen LogP contribution in [0.1, 0.15) is 16.7 Å². The first kappa shape index (κ1) is 34.7. The number of benzene rings is 4. The molecular formula is C35H31Cl4N3O4S. The maximum Gasteiger partial charge on any atom is 0.267 e. The third kappa shape index (κ3) is 8.44. The summed E-state index contributed by atoms with van der Waals surface area (Å²) < 4.78 is 41.1. The second-order valence-corrected chi connectivity index (χ2v) is 14.0. The summed E-state index contributed by atoms with van der Waals surface area (Å²) in [6, 6.07) is 31.2. The third-order valence-electron chi connectivity index (χ3n) is 7.26. The minimum Gasteiger partial charge on any atom is -0.492 e. The van der Waals surface area contributed by atoms with Crippen molar-refractivity contribution in [3.8, 4) is 11.5 Å².